The van der Waals surface area contributed by atoms with Gasteiger partial charge in [0.05, 0.1) is 12.2 Å². The number of β-amino-alcohol motifs (C(OH)–C–C–N with tert-alkyl or cyclic N) is 1. The number of likely N-dealkylation sites (tertiary alicyclic amines) is 1. The van der Waals surface area contributed by atoms with Crippen LogP contribution in [-0.4, -0.2) is 71.2 Å². The summed E-state index contributed by atoms with van der Waals surface area (Å²) in [6.07, 6.45) is 4.32. The second kappa shape index (κ2) is 6.06. The van der Waals surface area contributed by atoms with Crippen LogP contribution in [0.15, 0.2) is 0 Å². The fraction of sp³-hybridized carbons (Fsp3) is 0.882. The first kappa shape index (κ1) is 16.7. The number of hydrogen-bond donors (Lipinski definition) is 1. The lowest BCUT2D eigenvalue weighted by Crippen LogP contribution is -2.69. The molecule has 23 heavy (non-hydrogen) atoms. The van der Waals surface area contributed by atoms with Crippen molar-refractivity contribution in [3.63, 3.8) is 0 Å². The van der Waals surface area contributed by atoms with E-state index < -0.39 is 12.1 Å². The van der Waals surface area contributed by atoms with E-state index in [0.29, 0.717) is 13.0 Å². The minimum absolute atomic E-state index is 0.0389. The average Bonchev–Trinajstić information content (AvgIpc) is 2.82. The first-order valence-electron chi connectivity index (χ1n) is 8.74. The molecular formula is C17H28N2O4. The van der Waals surface area contributed by atoms with Gasteiger partial charge in [-0.25, -0.2) is 0 Å². The lowest BCUT2D eigenvalue weighted by Gasteiger charge is -2.63. The molecule has 4 atom stereocenters. The van der Waals surface area contributed by atoms with Gasteiger partial charge in [-0.2, -0.15) is 0 Å². The van der Waals surface area contributed by atoms with Gasteiger partial charge < -0.3 is 19.6 Å². The molecule has 3 aliphatic rings. The SMILES string of the molecule is CCO[C@@H]1C[C@@H](N(C)C(=O)[C@H]2C[C@H](O)CN2C(C)=O)C12CCC2. The van der Waals surface area contributed by atoms with Crippen LogP contribution in [0.1, 0.15) is 46.0 Å². The summed E-state index contributed by atoms with van der Waals surface area (Å²) in [5, 5.41) is 9.85. The van der Waals surface area contributed by atoms with Crippen LogP contribution in [0.4, 0.5) is 0 Å². The molecule has 1 aliphatic heterocycles. The number of hydrogen-bond acceptors (Lipinski definition) is 4. The van der Waals surface area contributed by atoms with Crippen molar-refractivity contribution in [2.75, 3.05) is 20.2 Å². The van der Waals surface area contributed by atoms with Gasteiger partial charge in [-0.3, -0.25) is 9.59 Å². The van der Waals surface area contributed by atoms with Gasteiger partial charge in [0, 0.05) is 45.0 Å². The number of rotatable bonds is 4. The topological polar surface area (TPSA) is 70.1 Å². The molecule has 1 N–H and O–H groups in total. The molecule has 0 aromatic rings. The fourth-order valence-corrected chi connectivity index (χ4v) is 4.73. The third kappa shape index (κ3) is 2.56. The van der Waals surface area contributed by atoms with Crippen molar-refractivity contribution in [1.82, 2.24) is 9.80 Å². The van der Waals surface area contributed by atoms with Crippen molar-refractivity contribution >= 4 is 11.8 Å². The Morgan fingerprint density at radius 1 is 1.35 bits per heavy atom. The molecule has 0 bridgehead atoms. The lowest BCUT2D eigenvalue weighted by atomic mass is 9.50. The highest BCUT2D eigenvalue weighted by molar-refractivity contribution is 5.88. The molecule has 0 unspecified atom stereocenters. The Hall–Kier alpha value is -1.14. The number of nitrogens with zero attached hydrogens (tertiary/aromatic N) is 2. The quantitative estimate of drug-likeness (QED) is 0.829. The van der Waals surface area contributed by atoms with E-state index in [9.17, 15) is 14.7 Å². The highest BCUT2D eigenvalue weighted by atomic mass is 16.5. The van der Waals surface area contributed by atoms with Crippen LogP contribution >= 0.6 is 0 Å². The van der Waals surface area contributed by atoms with Crippen LogP contribution in [0.2, 0.25) is 0 Å². The van der Waals surface area contributed by atoms with Crippen molar-refractivity contribution in [3.8, 4) is 0 Å². The van der Waals surface area contributed by atoms with Gasteiger partial charge in [-0.05, 0) is 26.2 Å². The van der Waals surface area contributed by atoms with E-state index >= 15 is 0 Å². The molecule has 6 nitrogen and oxygen atoms in total. The van der Waals surface area contributed by atoms with E-state index in [2.05, 4.69) is 0 Å². The molecule has 1 heterocycles. The summed E-state index contributed by atoms with van der Waals surface area (Å²) in [7, 11) is 1.85. The molecule has 2 saturated carbocycles. The molecule has 130 valence electrons. The van der Waals surface area contributed by atoms with Crippen molar-refractivity contribution < 1.29 is 19.4 Å². The Kier molecular flexibility index (Phi) is 4.40. The molecule has 2 aliphatic carbocycles. The van der Waals surface area contributed by atoms with Gasteiger partial charge in [-0.15, -0.1) is 0 Å². The zero-order valence-corrected chi connectivity index (χ0v) is 14.3. The van der Waals surface area contributed by atoms with E-state index in [1.807, 2.05) is 18.9 Å². The maximum atomic E-state index is 12.9. The predicted molar refractivity (Wildman–Crippen MR) is 84.7 cm³/mol. The van der Waals surface area contributed by atoms with Gasteiger partial charge in [0.25, 0.3) is 0 Å². The fourth-order valence-electron chi connectivity index (χ4n) is 4.73. The number of likely N-dealkylation sites (N-methyl/N-ethyl adjacent to an activating group) is 1. The third-order valence-corrected chi connectivity index (χ3v) is 6.18. The van der Waals surface area contributed by atoms with Crippen molar-refractivity contribution in [2.45, 2.75) is 70.2 Å². The van der Waals surface area contributed by atoms with Crippen LogP contribution in [-0.2, 0) is 14.3 Å². The van der Waals surface area contributed by atoms with Gasteiger partial charge in [0.1, 0.15) is 6.04 Å². The number of carbonyl (C=O) groups is 2. The number of amides is 2. The number of carbonyl (C=O) groups excluding carboxylic acids is 2. The summed E-state index contributed by atoms with van der Waals surface area (Å²) < 4.78 is 5.86. The van der Waals surface area contributed by atoms with Gasteiger partial charge in [0.2, 0.25) is 11.8 Å². The summed E-state index contributed by atoms with van der Waals surface area (Å²) >= 11 is 0. The smallest absolute Gasteiger partial charge is 0.245 e. The molecular weight excluding hydrogens is 296 g/mol. The zero-order valence-electron chi connectivity index (χ0n) is 14.3. The molecule has 1 saturated heterocycles. The molecule has 0 aromatic heterocycles. The Bertz CT molecular complexity index is 491. The van der Waals surface area contributed by atoms with E-state index in [1.54, 1.807) is 0 Å². The van der Waals surface area contributed by atoms with Crippen LogP contribution < -0.4 is 0 Å². The summed E-state index contributed by atoms with van der Waals surface area (Å²) in [6.45, 7) is 4.44. The Morgan fingerprint density at radius 3 is 2.57 bits per heavy atom. The van der Waals surface area contributed by atoms with Crippen LogP contribution in [0.3, 0.4) is 0 Å². The normalized spacial score (nSPS) is 34.9. The van der Waals surface area contributed by atoms with Crippen LogP contribution in [0.25, 0.3) is 0 Å². The van der Waals surface area contributed by atoms with Crippen molar-refractivity contribution in [1.29, 1.82) is 0 Å². The molecule has 3 rings (SSSR count). The summed E-state index contributed by atoms with van der Waals surface area (Å²) in [4.78, 5) is 28.0. The molecule has 6 heteroatoms. The monoisotopic (exact) mass is 324 g/mol. The Labute approximate surface area is 137 Å². The van der Waals surface area contributed by atoms with E-state index in [1.165, 1.54) is 18.2 Å². The number of ether oxygens (including phenoxy) is 1. The van der Waals surface area contributed by atoms with Gasteiger partial charge in [-0.1, -0.05) is 6.42 Å². The first-order valence-corrected chi connectivity index (χ1v) is 8.74. The van der Waals surface area contributed by atoms with E-state index in [0.717, 1.165) is 19.3 Å². The third-order valence-electron chi connectivity index (χ3n) is 6.18. The summed E-state index contributed by atoms with van der Waals surface area (Å²) in [5.74, 6) is -0.185. The Morgan fingerprint density at radius 2 is 2.04 bits per heavy atom. The van der Waals surface area contributed by atoms with Crippen LogP contribution in [0, 0.1) is 5.41 Å². The lowest BCUT2D eigenvalue weighted by molar-refractivity contribution is -0.204. The van der Waals surface area contributed by atoms with Crippen LogP contribution in [0.5, 0.6) is 0 Å². The number of aliphatic hydroxyl groups is 1. The predicted octanol–water partition coefficient (Wildman–Crippen LogP) is 0.774. The molecule has 1 spiro atoms. The molecule has 0 radical (unpaired) electrons. The second-order valence-electron chi connectivity index (χ2n) is 7.31. The van der Waals surface area contributed by atoms with E-state index in [4.69, 9.17) is 4.74 Å². The van der Waals surface area contributed by atoms with Gasteiger partial charge >= 0.3 is 0 Å². The van der Waals surface area contributed by atoms with E-state index in [-0.39, 0.29) is 35.9 Å². The average molecular weight is 324 g/mol. The maximum Gasteiger partial charge on any atom is 0.245 e. The Balaban J connectivity index is 1.69. The molecule has 2 amide bonds. The summed E-state index contributed by atoms with van der Waals surface area (Å²) in [5.41, 5.74) is 0.124. The minimum atomic E-state index is -0.600. The highest BCUT2D eigenvalue weighted by Crippen LogP contribution is 2.59. The molecule has 0 aromatic carbocycles. The highest BCUT2D eigenvalue weighted by Gasteiger charge is 2.61. The summed E-state index contributed by atoms with van der Waals surface area (Å²) in [6, 6.07) is -0.317. The zero-order chi connectivity index (χ0) is 16.8. The largest absolute Gasteiger partial charge is 0.391 e. The molecule has 3 fully saturated rings. The standard InChI is InChI=1S/C17H28N2O4/c1-4-23-15-9-14(17(15)6-5-7-17)18(3)16(22)13-8-12(21)10-19(13)11(2)20/h12-15,21H,4-10H2,1-3H3/t12-,13+,14+,15+/m0/s1. The second-order valence-corrected chi connectivity index (χ2v) is 7.31. The van der Waals surface area contributed by atoms with Crippen molar-refractivity contribution in [3.05, 3.63) is 0 Å². The maximum absolute atomic E-state index is 12.9. The number of aliphatic hydroxyl groups excluding tert-OH is 1. The first-order chi connectivity index (χ1) is 10.9. The minimum Gasteiger partial charge on any atom is -0.391 e. The van der Waals surface area contributed by atoms with Crippen molar-refractivity contribution in [2.24, 2.45) is 5.41 Å². The van der Waals surface area contributed by atoms with Gasteiger partial charge in [0.15, 0.2) is 0 Å².